The van der Waals surface area contributed by atoms with E-state index >= 15 is 0 Å². The SMILES string of the molecule is C=CCOC1=Nc2cc1c(-c1ccccc1)c1ccc([nH]1)c(-c1ccccc1)c1nc(c(-c3ccccc3)c3ccc([nH]3)c2-c2ccccc2)C=C1. The number of benzene rings is 4. The summed E-state index contributed by atoms with van der Waals surface area (Å²) in [4.78, 5) is 18.2. The maximum atomic E-state index is 6.38. The third-order valence-electron chi connectivity index (χ3n) is 9.45. The minimum Gasteiger partial charge on any atom is -0.473 e. The maximum Gasteiger partial charge on any atom is 0.222 e. The zero-order valence-electron chi connectivity index (χ0n) is 28.4. The van der Waals surface area contributed by atoms with Gasteiger partial charge < -0.3 is 14.7 Å². The van der Waals surface area contributed by atoms with Crippen LogP contribution in [0.3, 0.4) is 0 Å². The van der Waals surface area contributed by atoms with Gasteiger partial charge in [-0.1, -0.05) is 134 Å². The molecule has 4 aromatic carbocycles. The van der Waals surface area contributed by atoms with Gasteiger partial charge in [0.05, 0.1) is 17.1 Å². The first kappa shape index (κ1) is 31.0. The highest BCUT2D eigenvalue weighted by atomic mass is 16.5. The van der Waals surface area contributed by atoms with Crippen LogP contribution in [0.25, 0.3) is 78.7 Å². The summed E-state index contributed by atoms with van der Waals surface area (Å²) in [6.45, 7) is 4.25. The second kappa shape index (κ2) is 13.4. The molecule has 2 aliphatic rings. The summed E-state index contributed by atoms with van der Waals surface area (Å²) >= 11 is 0. The number of hydrogen-bond acceptors (Lipinski definition) is 3. The van der Waals surface area contributed by atoms with Crippen molar-refractivity contribution < 1.29 is 4.74 Å². The summed E-state index contributed by atoms with van der Waals surface area (Å²) in [5, 5.41) is 0. The van der Waals surface area contributed by atoms with Gasteiger partial charge in [-0.25, -0.2) is 9.98 Å². The number of fused-ring (bicyclic) bond motifs is 8. The second-order valence-electron chi connectivity index (χ2n) is 12.7. The van der Waals surface area contributed by atoms with Crippen molar-refractivity contribution in [2.75, 3.05) is 6.61 Å². The number of rotatable bonds is 6. The van der Waals surface area contributed by atoms with Gasteiger partial charge in [-0.3, -0.25) is 0 Å². The van der Waals surface area contributed by atoms with Gasteiger partial charge in [0, 0.05) is 49.9 Å². The number of ether oxygens (including phenoxy) is 1. The van der Waals surface area contributed by atoms with E-state index < -0.39 is 0 Å². The van der Waals surface area contributed by atoms with E-state index in [0.717, 1.165) is 89.2 Å². The van der Waals surface area contributed by atoms with Crippen LogP contribution >= 0.6 is 0 Å². The molecule has 248 valence electrons. The lowest BCUT2D eigenvalue weighted by Gasteiger charge is -2.09. The standard InChI is InChI=1S/C47H34N4O/c1-2-29-52-47-35-30-42(51-47)46(34-21-13-6-14-22-34)41-28-27-40(50-41)45(33-19-11-5-12-20-33)39-26-25-38(49-39)44(32-17-9-4-10-18-32)37-24-23-36(48-37)43(35)31-15-7-3-8-16-31/h2-28,30,48,50H,1,29H2. The summed E-state index contributed by atoms with van der Waals surface area (Å²) in [5.74, 6) is 0.542. The zero-order valence-corrected chi connectivity index (χ0v) is 28.4. The van der Waals surface area contributed by atoms with E-state index in [1.54, 1.807) is 6.08 Å². The second-order valence-corrected chi connectivity index (χ2v) is 12.7. The molecule has 0 amide bonds. The lowest BCUT2D eigenvalue weighted by Crippen LogP contribution is -2.05. The molecule has 0 fully saturated rings. The minimum absolute atomic E-state index is 0.320. The maximum absolute atomic E-state index is 6.38. The van der Waals surface area contributed by atoms with Crippen LogP contribution in [0.4, 0.5) is 5.69 Å². The number of aliphatic imine (C=N–C) groups is 1. The summed E-state index contributed by atoms with van der Waals surface area (Å²) < 4.78 is 6.38. The van der Waals surface area contributed by atoms with Gasteiger partial charge in [-0.2, -0.15) is 0 Å². The predicted molar refractivity (Wildman–Crippen MR) is 216 cm³/mol. The number of aromatic nitrogens is 3. The molecule has 5 heteroatoms. The van der Waals surface area contributed by atoms with Crippen molar-refractivity contribution in [1.29, 1.82) is 0 Å². The monoisotopic (exact) mass is 670 g/mol. The molecule has 0 aliphatic carbocycles. The fourth-order valence-electron chi connectivity index (χ4n) is 7.17. The molecule has 8 bridgehead atoms. The smallest absolute Gasteiger partial charge is 0.222 e. The van der Waals surface area contributed by atoms with Crippen LogP contribution in [-0.2, 0) is 4.74 Å². The Hall–Kier alpha value is -6.98. The van der Waals surface area contributed by atoms with Gasteiger partial charge in [0.25, 0.3) is 0 Å². The highest BCUT2D eigenvalue weighted by Gasteiger charge is 2.23. The van der Waals surface area contributed by atoms with Gasteiger partial charge in [-0.05, 0) is 64.7 Å². The van der Waals surface area contributed by atoms with E-state index in [1.165, 1.54) is 0 Å². The van der Waals surface area contributed by atoms with Crippen molar-refractivity contribution in [3.8, 4) is 44.5 Å². The third kappa shape index (κ3) is 5.64. The Morgan fingerprint density at radius 1 is 0.500 bits per heavy atom. The molecule has 3 aromatic heterocycles. The van der Waals surface area contributed by atoms with E-state index in [0.29, 0.717) is 12.5 Å². The van der Waals surface area contributed by atoms with Crippen LogP contribution in [0.1, 0.15) is 17.0 Å². The largest absolute Gasteiger partial charge is 0.473 e. The Kier molecular flexibility index (Phi) is 7.99. The average molecular weight is 671 g/mol. The van der Waals surface area contributed by atoms with Crippen molar-refractivity contribution in [2.45, 2.75) is 0 Å². The number of hydrogen-bond donors (Lipinski definition) is 2. The number of aromatic amines is 2. The Bertz CT molecular complexity index is 2670. The van der Waals surface area contributed by atoms with Gasteiger partial charge in [0.1, 0.15) is 6.61 Å². The molecule has 0 radical (unpaired) electrons. The Balaban J connectivity index is 1.50. The number of nitrogens with zero attached hydrogens (tertiary/aromatic N) is 2. The van der Waals surface area contributed by atoms with E-state index in [-0.39, 0.29) is 0 Å². The zero-order chi connectivity index (χ0) is 34.9. The molecule has 0 saturated heterocycles. The summed E-state index contributed by atoms with van der Waals surface area (Å²) in [6.07, 6.45) is 6.01. The highest BCUT2D eigenvalue weighted by molar-refractivity contribution is 6.11. The molecule has 0 atom stereocenters. The highest BCUT2D eigenvalue weighted by Crippen LogP contribution is 2.41. The minimum atomic E-state index is 0.320. The van der Waals surface area contributed by atoms with Crippen LogP contribution in [0.15, 0.2) is 169 Å². The van der Waals surface area contributed by atoms with Crippen LogP contribution in [0.5, 0.6) is 0 Å². The molecule has 7 aromatic rings. The first-order chi connectivity index (χ1) is 25.7. The van der Waals surface area contributed by atoms with Gasteiger partial charge in [0.15, 0.2) is 0 Å². The molecule has 0 saturated carbocycles. The fourth-order valence-corrected chi connectivity index (χ4v) is 7.17. The van der Waals surface area contributed by atoms with Gasteiger partial charge >= 0.3 is 0 Å². The quantitative estimate of drug-likeness (QED) is 0.173. The molecule has 52 heavy (non-hydrogen) atoms. The van der Waals surface area contributed by atoms with Crippen LogP contribution in [0.2, 0.25) is 0 Å². The van der Waals surface area contributed by atoms with Crippen molar-refractivity contribution >= 4 is 45.8 Å². The molecule has 0 unspecified atom stereocenters. The molecule has 5 heterocycles. The first-order valence-corrected chi connectivity index (χ1v) is 17.4. The van der Waals surface area contributed by atoms with E-state index in [4.69, 9.17) is 14.7 Å². The van der Waals surface area contributed by atoms with Gasteiger partial charge in [-0.15, -0.1) is 0 Å². The van der Waals surface area contributed by atoms with Crippen LogP contribution in [0, 0.1) is 0 Å². The summed E-state index contributed by atoms with van der Waals surface area (Å²) in [5.41, 5.74) is 15.5. The molecular weight excluding hydrogens is 637 g/mol. The normalized spacial score (nSPS) is 12.0. The summed E-state index contributed by atoms with van der Waals surface area (Å²) in [6, 6.07) is 52.5. The van der Waals surface area contributed by atoms with E-state index in [2.05, 4.69) is 156 Å². The molecule has 2 N–H and O–H groups in total. The van der Waals surface area contributed by atoms with Crippen LogP contribution in [-0.4, -0.2) is 27.5 Å². The van der Waals surface area contributed by atoms with Crippen molar-refractivity contribution in [2.24, 2.45) is 4.99 Å². The molecule has 2 aliphatic heterocycles. The molecule has 5 nitrogen and oxygen atoms in total. The topological polar surface area (TPSA) is 66.1 Å². The fraction of sp³-hybridized carbons (Fsp3) is 0.0213. The van der Waals surface area contributed by atoms with Gasteiger partial charge in [0.2, 0.25) is 5.90 Å². The number of nitrogens with one attached hydrogen (secondary N) is 2. The van der Waals surface area contributed by atoms with E-state index in [1.807, 2.05) is 24.3 Å². The van der Waals surface area contributed by atoms with Crippen molar-refractivity contribution in [3.63, 3.8) is 0 Å². The molecule has 0 spiro atoms. The van der Waals surface area contributed by atoms with Crippen molar-refractivity contribution in [3.05, 3.63) is 181 Å². The third-order valence-corrected chi connectivity index (χ3v) is 9.45. The van der Waals surface area contributed by atoms with Crippen molar-refractivity contribution in [1.82, 2.24) is 15.0 Å². The Morgan fingerprint density at radius 2 is 0.904 bits per heavy atom. The number of H-pyrrole nitrogens is 2. The lowest BCUT2D eigenvalue weighted by molar-refractivity contribution is 0.353. The predicted octanol–water partition coefficient (Wildman–Crippen LogP) is 12.0. The van der Waals surface area contributed by atoms with E-state index in [9.17, 15) is 0 Å². The Morgan fingerprint density at radius 3 is 1.37 bits per heavy atom. The first-order valence-electron chi connectivity index (χ1n) is 17.4. The molecular formula is C47H34N4O. The average Bonchev–Trinajstić information content (AvgIpc) is 4.03. The van der Waals surface area contributed by atoms with Crippen LogP contribution < -0.4 is 0 Å². The lowest BCUT2D eigenvalue weighted by atomic mass is 10.00. The Labute approximate surface area is 302 Å². The summed E-state index contributed by atoms with van der Waals surface area (Å²) in [7, 11) is 0. The molecule has 9 rings (SSSR count).